The largest absolute Gasteiger partial charge is 0.286 e. The molecule has 0 aromatic carbocycles. The number of hydrogen-bond donors (Lipinski definition) is 1. The molecule has 1 amide bonds. The number of carbonyl (C=O) groups is 1. The minimum Gasteiger partial charge on any atom is -0.286 e. The molecule has 0 bridgehead atoms. The van der Waals surface area contributed by atoms with Crippen molar-refractivity contribution in [1.29, 1.82) is 0 Å². The van der Waals surface area contributed by atoms with E-state index in [1.165, 1.54) is 7.11 Å². The molecule has 0 radical (unpaired) electrons. The van der Waals surface area contributed by atoms with E-state index in [-0.39, 0.29) is 12.5 Å². The average molecular weight is 156 g/mol. The highest BCUT2D eigenvalue weighted by atomic mass is 16.6. The van der Waals surface area contributed by atoms with Gasteiger partial charge in [0.15, 0.2) is 0 Å². The van der Waals surface area contributed by atoms with Crippen LogP contribution in [0.3, 0.4) is 0 Å². The van der Waals surface area contributed by atoms with Crippen molar-refractivity contribution in [2.45, 2.75) is 0 Å². The van der Waals surface area contributed by atoms with Gasteiger partial charge in [0, 0.05) is 0 Å². The van der Waals surface area contributed by atoms with Crippen LogP contribution >= 0.6 is 0 Å². The third kappa shape index (κ3) is 5.40. The molecule has 0 aromatic rings. The van der Waals surface area contributed by atoms with Gasteiger partial charge in [-0.05, 0) is 7.05 Å². The number of nitrogens with one attached hydrogen (secondary N) is 1. The Balaban J connectivity index is 3.50. The Labute approximate surface area is 66.5 Å². The van der Waals surface area contributed by atoms with Gasteiger partial charge in [-0.2, -0.15) is 0 Å². The SMILES string of the molecule is C#CCN(C)CC(=O)NOC. The topological polar surface area (TPSA) is 41.6 Å². The Kier molecular flexibility index (Phi) is 5.17. The molecule has 4 nitrogen and oxygen atoms in total. The molecule has 0 fully saturated rings. The van der Waals surface area contributed by atoms with E-state index < -0.39 is 0 Å². The molecular weight excluding hydrogens is 144 g/mol. The molecule has 0 aromatic heterocycles. The first-order chi connectivity index (χ1) is 5.20. The number of rotatable bonds is 4. The molecule has 1 N–H and O–H groups in total. The average Bonchev–Trinajstić information content (AvgIpc) is 1.87. The van der Waals surface area contributed by atoms with Crippen LogP contribution in [0.15, 0.2) is 0 Å². The lowest BCUT2D eigenvalue weighted by atomic mass is 10.5. The monoisotopic (exact) mass is 156 g/mol. The van der Waals surface area contributed by atoms with Crippen molar-refractivity contribution < 1.29 is 9.63 Å². The summed E-state index contributed by atoms with van der Waals surface area (Å²) >= 11 is 0. The molecule has 0 unspecified atom stereocenters. The molecule has 0 aliphatic heterocycles. The van der Waals surface area contributed by atoms with Gasteiger partial charge in [0.05, 0.1) is 20.2 Å². The van der Waals surface area contributed by atoms with Gasteiger partial charge in [-0.3, -0.25) is 14.5 Å². The Bertz CT molecular complexity index is 162. The van der Waals surface area contributed by atoms with Crippen LogP contribution in [0.2, 0.25) is 0 Å². The first kappa shape index (κ1) is 9.95. The fourth-order valence-corrected chi connectivity index (χ4v) is 0.603. The maximum absolute atomic E-state index is 10.8. The van der Waals surface area contributed by atoms with Crippen LogP contribution in [-0.2, 0) is 9.63 Å². The third-order valence-electron chi connectivity index (χ3n) is 0.991. The summed E-state index contributed by atoms with van der Waals surface area (Å²) in [6.45, 7) is 0.704. The Morgan fingerprint density at radius 2 is 2.45 bits per heavy atom. The number of likely N-dealkylation sites (N-methyl/N-ethyl adjacent to an activating group) is 1. The van der Waals surface area contributed by atoms with Crippen molar-refractivity contribution in [3.63, 3.8) is 0 Å². The Morgan fingerprint density at radius 1 is 1.82 bits per heavy atom. The zero-order chi connectivity index (χ0) is 8.69. The number of hydrogen-bond acceptors (Lipinski definition) is 3. The van der Waals surface area contributed by atoms with Crippen LogP contribution in [0, 0.1) is 12.3 Å². The van der Waals surface area contributed by atoms with Gasteiger partial charge in [0.1, 0.15) is 0 Å². The summed E-state index contributed by atoms with van der Waals surface area (Å²) in [5, 5.41) is 0. The maximum atomic E-state index is 10.8. The van der Waals surface area contributed by atoms with Crippen LogP contribution in [0.4, 0.5) is 0 Å². The van der Waals surface area contributed by atoms with E-state index in [0.29, 0.717) is 6.54 Å². The third-order valence-corrected chi connectivity index (χ3v) is 0.991. The van der Waals surface area contributed by atoms with E-state index in [2.05, 4.69) is 16.2 Å². The van der Waals surface area contributed by atoms with E-state index in [1.54, 1.807) is 11.9 Å². The zero-order valence-electron chi connectivity index (χ0n) is 6.76. The van der Waals surface area contributed by atoms with E-state index in [4.69, 9.17) is 6.42 Å². The summed E-state index contributed by atoms with van der Waals surface area (Å²) in [5.74, 6) is 2.22. The zero-order valence-corrected chi connectivity index (χ0v) is 6.76. The summed E-state index contributed by atoms with van der Waals surface area (Å²) in [5.41, 5.74) is 2.19. The van der Waals surface area contributed by atoms with E-state index in [9.17, 15) is 4.79 Å². The van der Waals surface area contributed by atoms with Gasteiger partial charge in [-0.1, -0.05) is 5.92 Å². The molecule has 0 aliphatic rings. The molecule has 62 valence electrons. The Morgan fingerprint density at radius 3 is 2.91 bits per heavy atom. The van der Waals surface area contributed by atoms with Gasteiger partial charge in [-0.25, -0.2) is 5.48 Å². The van der Waals surface area contributed by atoms with E-state index >= 15 is 0 Å². The molecule has 0 rings (SSSR count). The predicted molar refractivity (Wildman–Crippen MR) is 41.5 cm³/mol. The first-order valence-corrected chi connectivity index (χ1v) is 3.14. The van der Waals surface area contributed by atoms with Crippen molar-refractivity contribution in [3.8, 4) is 12.3 Å². The van der Waals surface area contributed by atoms with Gasteiger partial charge < -0.3 is 0 Å². The fourth-order valence-electron chi connectivity index (χ4n) is 0.603. The highest BCUT2D eigenvalue weighted by Crippen LogP contribution is 1.79. The second-order valence-electron chi connectivity index (χ2n) is 2.11. The molecule has 0 heterocycles. The van der Waals surface area contributed by atoms with E-state index in [1.807, 2.05) is 0 Å². The maximum Gasteiger partial charge on any atom is 0.257 e. The second kappa shape index (κ2) is 5.71. The van der Waals surface area contributed by atoms with Gasteiger partial charge >= 0.3 is 0 Å². The Hall–Kier alpha value is -1.05. The fraction of sp³-hybridized carbons (Fsp3) is 0.571. The molecule has 0 aliphatic carbocycles. The lowest BCUT2D eigenvalue weighted by Gasteiger charge is -2.11. The standard InChI is InChI=1S/C7H12N2O2/c1-4-5-9(2)6-7(10)8-11-3/h1H,5-6H2,2-3H3,(H,8,10). The highest BCUT2D eigenvalue weighted by Gasteiger charge is 2.02. The smallest absolute Gasteiger partial charge is 0.257 e. The number of nitrogens with zero attached hydrogens (tertiary/aromatic N) is 1. The molecule has 0 atom stereocenters. The number of amides is 1. The number of hydroxylamine groups is 1. The van der Waals surface area contributed by atoms with Crippen LogP contribution < -0.4 is 5.48 Å². The van der Waals surface area contributed by atoms with Crippen molar-refractivity contribution in [2.24, 2.45) is 0 Å². The highest BCUT2D eigenvalue weighted by molar-refractivity contribution is 5.76. The van der Waals surface area contributed by atoms with Gasteiger partial charge in [-0.15, -0.1) is 6.42 Å². The molecule has 11 heavy (non-hydrogen) atoms. The van der Waals surface area contributed by atoms with E-state index in [0.717, 1.165) is 0 Å². The quantitative estimate of drug-likeness (QED) is 0.429. The van der Waals surface area contributed by atoms with Crippen LogP contribution in [0.5, 0.6) is 0 Å². The van der Waals surface area contributed by atoms with Gasteiger partial charge in [0.2, 0.25) is 0 Å². The second-order valence-corrected chi connectivity index (χ2v) is 2.11. The predicted octanol–water partition coefficient (Wildman–Crippen LogP) is -0.771. The van der Waals surface area contributed by atoms with Gasteiger partial charge in [0.25, 0.3) is 5.91 Å². The molecule has 4 heteroatoms. The van der Waals surface area contributed by atoms with Crippen LogP contribution in [-0.4, -0.2) is 38.1 Å². The summed E-state index contributed by atoms with van der Waals surface area (Å²) in [7, 11) is 3.15. The molecular formula is C7H12N2O2. The van der Waals surface area contributed by atoms with Crippen molar-refractivity contribution in [3.05, 3.63) is 0 Å². The van der Waals surface area contributed by atoms with Crippen molar-refractivity contribution >= 4 is 5.91 Å². The minimum absolute atomic E-state index is 0.203. The number of carbonyl (C=O) groups excluding carboxylic acids is 1. The first-order valence-electron chi connectivity index (χ1n) is 3.14. The summed E-state index contributed by atoms with van der Waals surface area (Å²) in [6.07, 6.45) is 5.02. The molecule has 0 spiro atoms. The normalized spacial score (nSPS) is 9.27. The molecule has 0 saturated carbocycles. The summed E-state index contributed by atoms with van der Waals surface area (Å²) in [6, 6.07) is 0. The minimum atomic E-state index is -0.203. The lowest BCUT2D eigenvalue weighted by molar-refractivity contribution is -0.132. The summed E-state index contributed by atoms with van der Waals surface area (Å²) in [4.78, 5) is 16.9. The summed E-state index contributed by atoms with van der Waals surface area (Å²) < 4.78 is 0. The van der Waals surface area contributed by atoms with Crippen LogP contribution in [0.25, 0.3) is 0 Å². The van der Waals surface area contributed by atoms with Crippen LogP contribution in [0.1, 0.15) is 0 Å². The van der Waals surface area contributed by atoms with Crippen molar-refractivity contribution in [2.75, 3.05) is 27.2 Å². The van der Waals surface area contributed by atoms with Crippen molar-refractivity contribution in [1.82, 2.24) is 10.4 Å². The lowest BCUT2D eigenvalue weighted by Crippen LogP contribution is -2.34. The number of terminal acetylenes is 1. The molecule has 0 saturated heterocycles.